The second-order valence-corrected chi connectivity index (χ2v) is 2.94. The summed E-state index contributed by atoms with van der Waals surface area (Å²) in [5.41, 5.74) is 0.374. The van der Waals surface area contributed by atoms with Crippen LogP contribution >= 0.6 is 15.9 Å². The van der Waals surface area contributed by atoms with E-state index in [1.165, 1.54) is 0 Å². The standard InChI is InChI=1S/C6H6BrN3O3/c7-5-3-1-2-4-6(5)9(8)13-10(11)12/h1-4H,8H2. The molecule has 0 saturated carbocycles. The Balaban J connectivity index is 2.82. The summed E-state index contributed by atoms with van der Waals surface area (Å²) in [7, 11) is 0. The molecule has 0 aromatic heterocycles. The normalized spacial score (nSPS) is 9.38. The summed E-state index contributed by atoms with van der Waals surface area (Å²) in [6.07, 6.45) is 0. The Bertz CT molecular complexity index is 320. The van der Waals surface area contributed by atoms with Crippen LogP contribution in [-0.4, -0.2) is 5.09 Å². The molecule has 0 spiro atoms. The van der Waals surface area contributed by atoms with E-state index in [1.54, 1.807) is 24.3 Å². The molecular weight excluding hydrogens is 242 g/mol. The van der Waals surface area contributed by atoms with E-state index in [0.29, 0.717) is 15.3 Å². The topological polar surface area (TPSA) is 81.6 Å². The third-order valence-corrected chi connectivity index (χ3v) is 1.92. The van der Waals surface area contributed by atoms with Gasteiger partial charge in [0.15, 0.2) is 0 Å². The van der Waals surface area contributed by atoms with Gasteiger partial charge >= 0.3 is 5.09 Å². The summed E-state index contributed by atoms with van der Waals surface area (Å²) in [5.74, 6) is 5.24. The Labute approximate surface area is 82.0 Å². The number of anilines is 1. The minimum Gasteiger partial charge on any atom is -0.223 e. The summed E-state index contributed by atoms with van der Waals surface area (Å²) in [6, 6.07) is 6.71. The van der Waals surface area contributed by atoms with Crippen LogP contribution < -0.4 is 11.0 Å². The molecule has 0 unspecified atom stereocenters. The SMILES string of the molecule is NN(O[N+](=O)[O-])c1ccccc1Br. The highest BCUT2D eigenvalue weighted by molar-refractivity contribution is 9.10. The zero-order valence-electron chi connectivity index (χ0n) is 6.38. The Kier molecular flexibility index (Phi) is 3.04. The quantitative estimate of drug-likeness (QED) is 0.494. The molecule has 0 aliphatic heterocycles. The van der Waals surface area contributed by atoms with Crippen LogP contribution in [-0.2, 0) is 4.94 Å². The van der Waals surface area contributed by atoms with E-state index in [2.05, 4.69) is 20.9 Å². The molecule has 0 bridgehead atoms. The van der Waals surface area contributed by atoms with Crippen molar-refractivity contribution in [3.05, 3.63) is 38.9 Å². The van der Waals surface area contributed by atoms with Crippen molar-refractivity contribution in [1.82, 2.24) is 0 Å². The van der Waals surface area contributed by atoms with E-state index in [0.717, 1.165) is 0 Å². The summed E-state index contributed by atoms with van der Waals surface area (Å²) >= 11 is 3.16. The number of nitrogens with zero attached hydrogens (tertiary/aromatic N) is 2. The minimum atomic E-state index is -0.987. The van der Waals surface area contributed by atoms with Gasteiger partial charge in [0, 0.05) is 4.47 Å². The molecule has 1 aromatic carbocycles. The van der Waals surface area contributed by atoms with Crippen molar-refractivity contribution in [3.8, 4) is 0 Å². The van der Waals surface area contributed by atoms with Crippen LogP contribution in [0.3, 0.4) is 0 Å². The van der Waals surface area contributed by atoms with Crippen molar-refractivity contribution in [1.29, 1.82) is 0 Å². The third-order valence-electron chi connectivity index (χ3n) is 1.24. The first-order chi connectivity index (χ1) is 6.11. The molecule has 13 heavy (non-hydrogen) atoms. The molecular formula is C6H6BrN3O3. The number of hydrazine groups is 1. The number of hydrogen-bond donors (Lipinski definition) is 1. The molecule has 0 radical (unpaired) electrons. The van der Waals surface area contributed by atoms with Crippen molar-refractivity contribution < 1.29 is 10.0 Å². The largest absolute Gasteiger partial charge is 0.318 e. The summed E-state index contributed by atoms with van der Waals surface area (Å²) in [6.45, 7) is 0. The molecule has 2 N–H and O–H groups in total. The first-order valence-corrected chi connectivity index (χ1v) is 4.02. The van der Waals surface area contributed by atoms with E-state index in [9.17, 15) is 10.1 Å². The van der Waals surface area contributed by atoms with E-state index < -0.39 is 5.09 Å². The minimum absolute atomic E-state index is 0.374. The van der Waals surface area contributed by atoms with Gasteiger partial charge in [-0.2, -0.15) is 4.94 Å². The van der Waals surface area contributed by atoms with Crippen LogP contribution in [0, 0.1) is 10.1 Å². The van der Waals surface area contributed by atoms with Gasteiger partial charge < -0.3 is 0 Å². The fourth-order valence-corrected chi connectivity index (χ4v) is 1.21. The fraction of sp³-hybridized carbons (Fsp3) is 0. The molecule has 7 heteroatoms. The Morgan fingerprint density at radius 1 is 1.54 bits per heavy atom. The van der Waals surface area contributed by atoms with Crippen molar-refractivity contribution in [2.24, 2.45) is 5.84 Å². The molecule has 0 heterocycles. The van der Waals surface area contributed by atoms with Crippen molar-refractivity contribution in [3.63, 3.8) is 0 Å². The highest BCUT2D eigenvalue weighted by Crippen LogP contribution is 2.23. The van der Waals surface area contributed by atoms with Crippen molar-refractivity contribution in [2.75, 3.05) is 5.17 Å². The summed E-state index contributed by atoms with van der Waals surface area (Å²) in [4.78, 5) is 14.0. The molecule has 0 aliphatic carbocycles. The number of rotatable bonds is 3. The maximum Gasteiger partial charge on any atom is 0.318 e. The van der Waals surface area contributed by atoms with Gasteiger partial charge in [0.25, 0.3) is 0 Å². The maximum absolute atomic E-state index is 9.94. The van der Waals surface area contributed by atoms with Gasteiger partial charge in [0.1, 0.15) is 0 Å². The zero-order chi connectivity index (χ0) is 9.84. The first-order valence-electron chi connectivity index (χ1n) is 3.23. The molecule has 1 rings (SSSR count). The fourth-order valence-electron chi connectivity index (χ4n) is 0.746. The predicted octanol–water partition coefficient (Wildman–Crippen LogP) is 1.25. The second-order valence-electron chi connectivity index (χ2n) is 2.08. The number of benzene rings is 1. The number of halogens is 1. The number of hydrogen-bond acceptors (Lipinski definition) is 5. The molecule has 0 saturated heterocycles. The van der Waals surface area contributed by atoms with Crippen LogP contribution in [0.15, 0.2) is 28.7 Å². The number of nitrogens with two attached hydrogens (primary N) is 1. The maximum atomic E-state index is 9.94. The monoisotopic (exact) mass is 247 g/mol. The van der Waals surface area contributed by atoms with E-state index in [4.69, 9.17) is 5.84 Å². The highest BCUT2D eigenvalue weighted by atomic mass is 79.9. The first kappa shape index (κ1) is 9.75. The lowest BCUT2D eigenvalue weighted by atomic mass is 10.3. The molecule has 0 fully saturated rings. The molecule has 70 valence electrons. The summed E-state index contributed by atoms with van der Waals surface area (Å²) < 4.78 is 0.611. The van der Waals surface area contributed by atoms with Crippen LogP contribution in [0.2, 0.25) is 0 Å². The lowest BCUT2D eigenvalue weighted by Crippen LogP contribution is -2.33. The van der Waals surface area contributed by atoms with Gasteiger partial charge in [-0.15, -0.1) is 15.3 Å². The van der Waals surface area contributed by atoms with Gasteiger partial charge in [-0.1, -0.05) is 12.1 Å². The lowest BCUT2D eigenvalue weighted by Gasteiger charge is -2.14. The van der Waals surface area contributed by atoms with Gasteiger partial charge in [-0.25, -0.2) is 5.84 Å². The number of para-hydroxylation sites is 1. The van der Waals surface area contributed by atoms with Crippen LogP contribution in [0.5, 0.6) is 0 Å². The molecule has 0 aliphatic rings. The third kappa shape index (κ3) is 2.56. The average Bonchev–Trinajstić information content (AvgIpc) is 2.03. The molecule has 0 amide bonds. The van der Waals surface area contributed by atoms with Gasteiger partial charge in [0.2, 0.25) is 0 Å². The van der Waals surface area contributed by atoms with Crippen molar-refractivity contribution >= 4 is 21.6 Å². The van der Waals surface area contributed by atoms with Crippen LogP contribution in [0.25, 0.3) is 0 Å². The lowest BCUT2D eigenvalue weighted by molar-refractivity contribution is -0.762. The van der Waals surface area contributed by atoms with E-state index in [-0.39, 0.29) is 0 Å². The van der Waals surface area contributed by atoms with E-state index >= 15 is 0 Å². The Morgan fingerprint density at radius 2 is 2.15 bits per heavy atom. The Morgan fingerprint density at radius 3 is 2.69 bits per heavy atom. The molecule has 6 nitrogen and oxygen atoms in total. The average molecular weight is 248 g/mol. The summed E-state index contributed by atoms with van der Waals surface area (Å²) in [5, 5.41) is 9.53. The van der Waals surface area contributed by atoms with Gasteiger partial charge in [-0.05, 0) is 28.1 Å². The van der Waals surface area contributed by atoms with Gasteiger partial charge in [0.05, 0.1) is 5.69 Å². The predicted molar refractivity (Wildman–Crippen MR) is 48.9 cm³/mol. The van der Waals surface area contributed by atoms with Crippen LogP contribution in [0.1, 0.15) is 0 Å². The second kappa shape index (κ2) is 4.06. The zero-order valence-corrected chi connectivity index (χ0v) is 7.97. The smallest absolute Gasteiger partial charge is 0.223 e. The van der Waals surface area contributed by atoms with Crippen molar-refractivity contribution in [2.45, 2.75) is 0 Å². The molecule has 0 atom stereocenters. The molecule has 1 aromatic rings. The highest BCUT2D eigenvalue weighted by Gasteiger charge is 2.08. The Hall–Kier alpha value is -1.34. The van der Waals surface area contributed by atoms with Crippen LogP contribution in [0.4, 0.5) is 5.69 Å². The van der Waals surface area contributed by atoms with E-state index in [1.807, 2.05) is 0 Å². The van der Waals surface area contributed by atoms with Gasteiger partial charge in [-0.3, -0.25) is 0 Å².